The Kier molecular flexibility index (Phi) is 4.05. The molecule has 2 heterocycles. The molecule has 4 unspecified atom stereocenters. The van der Waals surface area contributed by atoms with Gasteiger partial charge < -0.3 is 9.15 Å². The Balaban J connectivity index is 1.37. The molecule has 1 aromatic carbocycles. The van der Waals surface area contributed by atoms with E-state index < -0.39 is 4.92 Å². The lowest BCUT2D eigenvalue weighted by atomic mass is 9.85. The molecule has 1 aliphatic heterocycles. The van der Waals surface area contributed by atoms with Crippen molar-refractivity contribution in [2.24, 2.45) is 28.8 Å². The number of fused-ring (bicyclic) bond motifs is 5. The highest BCUT2D eigenvalue weighted by Crippen LogP contribution is 2.52. The van der Waals surface area contributed by atoms with E-state index in [1.807, 2.05) is 12.2 Å². The average Bonchev–Trinajstić information content (AvgIpc) is 3.51. The number of furan rings is 1. The molecule has 1 saturated heterocycles. The quantitative estimate of drug-likeness (QED) is 0.247. The van der Waals surface area contributed by atoms with Gasteiger partial charge in [-0.1, -0.05) is 12.2 Å². The fraction of sp³-hybridized carbons (Fsp3) is 0.286. The van der Waals surface area contributed by atoms with Crippen LogP contribution in [0.3, 0.4) is 0 Å². The summed E-state index contributed by atoms with van der Waals surface area (Å²) < 4.78 is 11.0. The van der Waals surface area contributed by atoms with Crippen molar-refractivity contribution in [3.8, 4) is 17.1 Å². The number of imide groups is 1. The second kappa shape index (κ2) is 6.65. The lowest BCUT2D eigenvalue weighted by Gasteiger charge is -2.13. The maximum atomic E-state index is 12.7. The van der Waals surface area contributed by atoms with Crippen LogP contribution in [0.2, 0.25) is 0 Å². The van der Waals surface area contributed by atoms with Crippen LogP contribution in [-0.4, -0.2) is 35.1 Å². The molecule has 1 aromatic heterocycles. The zero-order valence-electron chi connectivity index (χ0n) is 15.9. The highest BCUT2D eigenvalue weighted by Gasteiger charge is 2.59. The van der Waals surface area contributed by atoms with Crippen molar-refractivity contribution in [1.82, 2.24) is 5.01 Å². The average molecular weight is 407 g/mol. The van der Waals surface area contributed by atoms with Gasteiger partial charge in [-0.2, -0.15) is 10.1 Å². The van der Waals surface area contributed by atoms with Crippen molar-refractivity contribution >= 4 is 23.7 Å². The van der Waals surface area contributed by atoms with E-state index in [1.165, 1.54) is 31.5 Å². The third-order valence-corrected chi connectivity index (χ3v) is 6.04. The summed E-state index contributed by atoms with van der Waals surface area (Å²) in [4.78, 5) is 35.8. The van der Waals surface area contributed by atoms with Gasteiger partial charge >= 0.3 is 0 Å². The summed E-state index contributed by atoms with van der Waals surface area (Å²) in [6.07, 6.45) is 6.25. The summed E-state index contributed by atoms with van der Waals surface area (Å²) in [6, 6.07) is 7.51. The SMILES string of the molecule is COc1cc([N+](=O)[O-])ccc1-c1ccc(C=NN2C(=O)C3C4C=CC(C4)C3C2=O)o1. The molecule has 2 amide bonds. The predicted octanol–water partition coefficient (Wildman–Crippen LogP) is 3.00. The van der Waals surface area contributed by atoms with Gasteiger partial charge in [0.1, 0.15) is 17.3 Å². The fourth-order valence-electron chi connectivity index (χ4n) is 4.68. The maximum absolute atomic E-state index is 12.7. The van der Waals surface area contributed by atoms with Crippen molar-refractivity contribution < 1.29 is 23.7 Å². The first-order valence-corrected chi connectivity index (χ1v) is 9.50. The number of nitrogens with zero attached hydrogens (tertiary/aromatic N) is 3. The van der Waals surface area contributed by atoms with Crippen LogP contribution in [0.5, 0.6) is 5.75 Å². The van der Waals surface area contributed by atoms with E-state index in [4.69, 9.17) is 9.15 Å². The number of nitro groups is 1. The molecule has 9 nitrogen and oxygen atoms in total. The molecule has 4 atom stereocenters. The number of non-ortho nitro benzene ring substituents is 1. The number of hydrogen-bond acceptors (Lipinski definition) is 7. The molecule has 2 bridgehead atoms. The highest BCUT2D eigenvalue weighted by molar-refractivity contribution is 6.06. The van der Waals surface area contributed by atoms with Crippen LogP contribution in [-0.2, 0) is 9.59 Å². The minimum atomic E-state index is -0.506. The maximum Gasteiger partial charge on any atom is 0.273 e. The molecule has 2 aliphatic carbocycles. The summed E-state index contributed by atoms with van der Waals surface area (Å²) in [7, 11) is 1.41. The van der Waals surface area contributed by atoms with Crippen LogP contribution < -0.4 is 4.74 Å². The van der Waals surface area contributed by atoms with Crippen molar-refractivity contribution in [2.45, 2.75) is 6.42 Å². The lowest BCUT2D eigenvalue weighted by Crippen LogP contribution is -2.28. The highest BCUT2D eigenvalue weighted by atomic mass is 16.6. The Labute approximate surface area is 170 Å². The molecule has 0 spiro atoms. The van der Waals surface area contributed by atoms with Gasteiger partial charge in [-0.25, -0.2) is 0 Å². The second-order valence-electron chi connectivity index (χ2n) is 7.58. The van der Waals surface area contributed by atoms with Crippen LogP contribution >= 0.6 is 0 Å². The second-order valence-corrected chi connectivity index (χ2v) is 7.58. The van der Waals surface area contributed by atoms with Gasteiger partial charge in [-0.15, -0.1) is 0 Å². The zero-order chi connectivity index (χ0) is 21.0. The molecule has 2 fully saturated rings. The van der Waals surface area contributed by atoms with Gasteiger partial charge in [0, 0.05) is 6.07 Å². The van der Waals surface area contributed by atoms with Gasteiger partial charge in [-0.3, -0.25) is 19.7 Å². The first-order valence-electron chi connectivity index (χ1n) is 9.50. The smallest absolute Gasteiger partial charge is 0.273 e. The van der Waals surface area contributed by atoms with Gasteiger partial charge in [0.15, 0.2) is 0 Å². The van der Waals surface area contributed by atoms with E-state index in [-0.39, 0.29) is 41.2 Å². The van der Waals surface area contributed by atoms with Gasteiger partial charge in [-0.05, 0) is 36.5 Å². The number of amides is 2. The largest absolute Gasteiger partial charge is 0.496 e. The van der Waals surface area contributed by atoms with E-state index in [0.717, 1.165) is 11.4 Å². The lowest BCUT2D eigenvalue weighted by molar-refractivity contribution is -0.384. The molecular weight excluding hydrogens is 390 g/mol. The van der Waals surface area contributed by atoms with Gasteiger partial charge in [0.25, 0.3) is 17.5 Å². The molecule has 9 heteroatoms. The van der Waals surface area contributed by atoms with Gasteiger partial charge in [0.2, 0.25) is 0 Å². The number of carbonyl (C=O) groups excluding carboxylic acids is 2. The first-order chi connectivity index (χ1) is 14.5. The number of rotatable bonds is 5. The number of carbonyl (C=O) groups is 2. The molecule has 0 N–H and O–H groups in total. The van der Waals surface area contributed by atoms with E-state index in [9.17, 15) is 19.7 Å². The Bertz CT molecular complexity index is 1100. The molecule has 0 radical (unpaired) electrons. The van der Waals surface area contributed by atoms with Crippen molar-refractivity contribution in [3.63, 3.8) is 0 Å². The summed E-state index contributed by atoms with van der Waals surface area (Å²) in [5.41, 5.74) is 0.442. The number of hydrogen-bond donors (Lipinski definition) is 0. The van der Waals surface area contributed by atoms with Crippen LogP contribution in [0.1, 0.15) is 12.2 Å². The van der Waals surface area contributed by atoms with Crippen LogP contribution in [0.4, 0.5) is 5.69 Å². The van der Waals surface area contributed by atoms with E-state index in [0.29, 0.717) is 22.8 Å². The van der Waals surface area contributed by atoms with Gasteiger partial charge in [0.05, 0.1) is 41.7 Å². The summed E-state index contributed by atoms with van der Waals surface area (Å²) in [5, 5.41) is 16.0. The molecule has 3 aliphatic rings. The molecule has 5 rings (SSSR count). The third-order valence-electron chi connectivity index (χ3n) is 6.04. The molecular formula is C21H17N3O6. The molecule has 30 heavy (non-hydrogen) atoms. The third kappa shape index (κ3) is 2.66. The Hall–Kier alpha value is -3.75. The summed E-state index contributed by atoms with van der Waals surface area (Å²) in [6.45, 7) is 0. The number of hydrazone groups is 1. The fourth-order valence-corrected chi connectivity index (χ4v) is 4.68. The Morgan fingerprint density at radius 1 is 1.17 bits per heavy atom. The molecule has 152 valence electrons. The van der Waals surface area contributed by atoms with Crippen LogP contribution in [0, 0.1) is 33.8 Å². The number of methoxy groups -OCH3 is 1. The standard InChI is InChI=1S/C21H17N3O6/c1-29-17-9-13(24(27)28)4-6-15(17)16-7-5-14(30-16)10-22-23-20(25)18-11-2-3-12(8-11)19(18)21(23)26/h2-7,9-12,18-19H,8H2,1H3. The van der Waals surface area contributed by atoms with E-state index in [1.54, 1.807) is 12.1 Å². The van der Waals surface area contributed by atoms with Crippen LogP contribution in [0.25, 0.3) is 11.3 Å². The predicted molar refractivity (Wildman–Crippen MR) is 105 cm³/mol. The van der Waals surface area contributed by atoms with E-state index >= 15 is 0 Å². The Morgan fingerprint density at radius 3 is 2.50 bits per heavy atom. The summed E-state index contributed by atoms with van der Waals surface area (Å²) >= 11 is 0. The normalized spacial score (nSPS) is 26.8. The molecule has 2 aromatic rings. The number of ether oxygens (including phenoxy) is 1. The number of nitro benzene ring substituents is 1. The molecule has 1 saturated carbocycles. The Morgan fingerprint density at radius 2 is 1.87 bits per heavy atom. The zero-order valence-corrected chi connectivity index (χ0v) is 15.9. The minimum Gasteiger partial charge on any atom is -0.496 e. The number of allylic oxidation sites excluding steroid dienone is 2. The van der Waals surface area contributed by atoms with Crippen molar-refractivity contribution in [1.29, 1.82) is 0 Å². The van der Waals surface area contributed by atoms with Crippen molar-refractivity contribution in [3.05, 3.63) is 58.4 Å². The monoisotopic (exact) mass is 407 g/mol. The number of benzene rings is 1. The van der Waals surface area contributed by atoms with Crippen molar-refractivity contribution in [2.75, 3.05) is 7.11 Å². The van der Waals surface area contributed by atoms with Crippen LogP contribution in [0.15, 0.2) is 52.0 Å². The van der Waals surface area contributed by atoms with E-state index in [2.05, 4.69) is 5.10 Å². The summed E-state index contributed by atoms with van der Waals surface area (Å²) in [5.74, 6) is 0.169. The first kappa shape index (κ1) is 18.3. The minimum absolute atomic E-state index is 0.0935. The topological polar surface area (TPSA) is 115 Å².